The van der Waals surface area contributed by atoms with Crippen LogP contribution >= 0.6 is 0 Å². The minimum Gasteiger partial charge on any atom is -0.454 e. The summed E-state index contributed by atoms with van der Waals surface area (Å²) >= 11 is 0. The van der Waals surface area contributed by atoms with Gasteiger partial charge in [-0.1, -0.05) is 19.3 Å². The fourth-order valence-electron chi connectivity index (χ4n) is 3.69. The van der Waals surface area contributed by atoms with Crippen molar-refractivity contribution in [3.63, 3.8) is 0 Å². The van der Waals surface area contributed by atoms with Gasteiger partial charge in [0, 0.05) is 24.6 Å². The van der Waals surface area contributed by atoms with Gasteiger partial charge in [-0.15, -0.1) is 0 Å². The quantitative estimate of drug-likeness (QED) is 0.942. The fraction of sp³-hybridized carbons (Fsp3) is 0.588. The number of imidazole rings is 1. The van der Waals surface area contributed by atoms with Crippen LogP contribution in [0.15, 0.2) is 12.1 Å². The number of ether oxygens (including phenoxy) is 2. The van der Waals surface area contributed by atoms with E-state index in [0.717, 1.165) is 35.5 Å². The van der Waals surface area contributed by atoms with Crippen LogP contribution in [-0.4, -0.2) is 22.9 Å². The molecule has 0 unspecified atom stereocenters. The van der Waals surface area contributed by atoms with Gasteiger partial charge in [-0.3, -0.25) is 0 Å². The maximum atomic E-state index is 5.73. The highest BCUT2D eigenvalue weighted by atomic mass is 16.7. The van der Waals surface area contributed by atoms with Gasteiger partial charge in [-0.2, -0.15) is 0 Å². The molecule has 22 heavy (non-hydrogen) atoms. The molecular weight excluding hydrogens is 278 g/mol. The van der Waals surface area contributed by atoms with Gasteiger partial charge in [0.2, 0.25) is 6.79 Å². The maximum absolute atomic E-state index is 5.73. The third kappa shape index (κ3) is 2.33. The summed E-state index contributed by atoms with van der Waals surface area (Å²) in [5.74, 6) is 3.45. The average Bonchev–Trinajstić information content (AvgIpc) is 3.15. The molecule has 1 aromatic heterocycles. The number of hydrogen-bond donors (Lipinski definition) is 1. The number of nitrogens with two attached hydrogens (primary N) is 1. The molecule has 4 rings (SSSR count). The first-order valence-electron chi connectivity index (χ1n) is 8.36. The van der Waals surface area contributed by atoms with Gasteiger partial charge in [0.05, 0.1) is 11.0 Å². The van der Waals surface area contributed by atoms with Gasteiger partial charge in [-0.05, 0) is 25.8 Å². The molecule has 1 aliphatic heterocycles. The molecular formula is C17H23N3O2. The SMILES string of the molecule is NCCCn1c(C2CCCCC2)nc2cc3c(cc21)OCO3. The monoisotopic (exact) mass is 301 g/mol. The van der Waals surface area contributed by atoms with Crippen LogP contribution in [0.4, 0.5) is 0 Å². The van der Waals surface area contributed by atoms with Gasteiger partial charge in [0.1, 0.15) is 5.82 Å². The van der Waals surface area contributed by atoms with Gasteiger partial charge in [-0.25, -0.2) is 4.98 Å². The van der Waals surface area contributed by atoms with Crippen molar-refractivity contribution in [1.29, 1.82) is 0 Å². The number of hydrogen-bond acceptors (Lipinski definition) is 4. The number of benzene rings is 1. The lowest BCUT2D eigenvalue weighted by molar-refractivity contribution is 0.174. The molecule has 118 valence electrons. The Hall–Kier alpha value is -1.75. The van der Waals surface area contributed by atoms with Crippen LogP contribution in [0.2, 0.25) is 0 Å². The van der Waals surface area contributed by atoms with Crippen LogP contribution < -0.4 is 15.2 Å². The Morgan fingerprint density at radius 3 is 2.68 bits per heavy atom. The van der Waals surface area contributed by atoms with E-state index in [1.54, 1.807) is 0 Å². The van der Waals surface area contributed by atoms with Crippen molar-refractivity contribution < 1.29 is 9.47 Å². The van der Waals surface area contributed by atoms with Crippen molar-refractivity contribution in [1.82, 2.24) is 9.55 Å². The number of aryl methyl sites for hydroxylation is 1. The topological polar surface area (TPSA) is 62.3 Å². The molecule has 5 heteroatoms. The lowest BCUT2D eigenvalue weighted by Crippen LogP contribution is -2.14. The Balaban J connectivity index is 1.80. The summed E-state index contributed by atoms with van der Waals surface area (Å²) in [6.45, 7) is 1.94. The Kier molecular flexibility index (Phi) is 3.66. The van der Waals surface area contributed by atoms with Crippen LogP contribution in [0.25, 0.3) is 11.0 Å². The summed E-state index contributed by atoms with van der Waals surface area (Å²) in [4.78, 5) is 4.95. The van der Waals surface area contributed by atoms with E-state index in [1.165, 1.54) is 37.9 Å². The lowest BCUT2D eigenvalue weighted by atomic mass is 9.88. The minimum atomic E-state index is 0.306. The van der Waals surface area contributed by atoms with E-state index in [9.17, 15) is 0 Å². The molecule has 0 bridgehead atoms. The summed E-state index contributed by atoms with van der Waals surface area (Å²) in [5.41, 5.74) is 7.90. The highest BCUT2D eigenvalue weighted by Crippen LogP contribution is 2.39. The van der Waals surface area contributed by atoms with Crippen LogP contribution in [0.1, 0.15) is 50.3 Å². The predicted molar refractivity (Wildman–Crippen MR) is 85.4 cm³/mol. The van der Waals surface area contributed by atoms with Gasteiger partial charge in [0.15, 0.2) is 11.5 Å². The smallest absolute Gasteiger partial charge is 0.231 e. The van der Waals surface area contributed by atoms with Crippen LogP contribution in [0.3, 0.4) is 0 Å². The molecule has 2 N–H and O–H groups in total. The zero-order valence-corrected chi connectivity index (χ0v) is 12.9. The second-order valence-electron chi connectivity index (χ2n) is 6.29. The Morgan fingerprint density at radius 1 is 1.14 bits per heavy atom. The first-order chi connectivity index (χ1) is 10.9. The predicted octanol–water partition coefficient (Wildman–Crippen LogP) is 3.16. The molecule has 0 saturated heterocycles. The highest BCUT2D eigenvalue weighted by molar-refractivity contribution is 5.81. The van der Waals surface area contributed by atoms with E-state index in [4.69, 9.17) is 20.2 Å². The summed E-state index contributed by atoms with van der Waals surface area (Å²) in [6, 6.07) is 4.09. The first-order valence-corrected chi connectivity index (χ1v) is 8.36. The molecule has 2 aliphatic rings. The normalized spacial score (nSPS) is 18.2. The van der Waals surface area contributed by atoms with E-state index in [0.29, 0.717) is 19.3 Å². The summed E-state index contributed by atoms with van der Waals surface area (Å²) in [5, 5.41) is 0. The second-order valence-corrected chi connectivity index (χ2v) is 6.29. The zero-order valence-electron chi connectivity index (χ0n) is 12.9. The number of nitrogens with zero attached hydrogens (tertiary/aromatic N) is 2. The van der Waals surface area contributed by atoms with E-state index in [2.05, 4.69) is 10.6 Å². The molecule has 1 aliphatic carbocycles. The molecule has 2 aromatic rings. The van der Waals surface area contributed by atoms with Crippen molar-refractivity contribution >= 4 is 11.0 Å². The van der Waals surface area contributed by atoms with Crippen molar-refractivity contribution in [3.8, 4) is 11.5 Å². The molecule has 0 amide bonds. The standard InChI is InChI=1S/C17H23N3O2/c18-7-4-8-20-14-10-16-15(21-11-22-16)9-13(14)19-17(20)12-5-2-1-3-6-12/h9-10,12H,1-8,11,18H2. The van der Waals surface area contributed by atoms with E-state index in [-0.39, 0.29) is 0 Å². The van der Waals surface area contributed by atoms with Gasteiger partial charge >= 0.3 is 0 Å². The van der Waals surface area contributed by atoms with Gasteiger partial charge in [0.25, 0.3) is 0 Å². The van der Waals surface area contributed by atoms with Crippen molar-refractivity contribution in [2.24, 2.45) is 5.73 Å². The minimum absolute atomic E-state index is 0.306. The molecule has 0 spiro atoms. The molecule has 0 radical (unpaired) electrons. The number of aromatic nitrogens is 2. The van der Waals surface area contributed by atoms with Crippen LogP contribution in [-0.2, 0) is 6.54 Å². The molecule has 1 fully saturated rings. The van der Waals surface area contributed by atoms with E-state index in [1.807, 2.05) is 6.07 Å². The summed E-state index contributed by atoms with van der Waals surface area (Å²) in [7, 11) is 0. The van der Waals surface area contributed by atoms with Crippen molar-refractivity contribution in [3.05, 3.63) is 18.0 Å². The summed E-state index contributed by atoms with van der Waals surface area (Å²) < 4.78 is 13.4. The number of fused-ring (bicyclic) bond motifs is 2. The average molecular weight is 301 g/mol. The third-order valence-corrected chi connectivity index (χ3v) is 4.83. The second kappa shape index (κ2) is 5.80. The Bertz CT molecular complexity index is 674. The zero-order chi connectivity index (χ0) is 14.9. The molecule has 1 saturated carbocycles. The summed E-state index contributed by atoms with van der Waals surface area (Å²) in [6.07, 6.45) is 7.45. The Morgan fingerprint density at radius 2 is 1.91 bits per heavy atom. The number of rotatable bonds is 4. The van der Waals surface area contributed by atoms with E-state index >= 15 is 0 Å². The van der Waals surface area contributed by atoms with Crippen LogP contribution in [0.5, 0.6) is 11.5 Å². The third-order valence-electron chi connectivity index (χ3n) is 4.83. The fourth-order valence-corrected chi connectivity index (χ4v) is 3.69. The molecule has 0 atom stereocenters. The first kappa shape index (κ1) is 13.9. The van der Waals surface area contributed by atoms with Crippen molar-refractivity contribution in [2.45, 2.75) is 51.0 Å². The largest absolute Gasteiger partial charge is 0.454 e. The van der Waals surface area contributed by atoms with E-state index < -0.39 is 0 Å². The lowest BCUT2D eigenvalue weighted by Gasteiger charge is -2.22. The highest BCUT2D eigenvalue weighted by Gasteiger charge is 2.24. The maximum Gasteiger partial charge on any atom is 0.231 e. The van der Waals surface area contributed by atoms with Gasteiger partial charge < -0.3 is 19.8 Å². The molecule has 2 heterocycles. The molecule has 1 aromatic carbocycles. The van der Waals surface area contributed by atoms with Crippen molar-refractivity contribution in [2.75, 3.05) is 13.3 Å². The molecule has 5 nitrogen and oxygen atoms in total. The Labute approximate surface area is 130 Å². The van der Waals surface area contributed by atoms with Crippen LogP contribution in [0, 0.1) is 0 Å².